The minimum absolute atomic E-state index is 0.363. The number of ether oxygens (including phenoxy) is 1. The standard InChI is InChI=1S/C7H13N3O2/c1-12-7(11)4-6-9-2-3-10(6)5-8/h4,9H,2-3,5,8H2,1H3/b6-4+. The van der Waals surface area contributed by atoms with E-state index in [1.807, 2.05) is 4.90 Å². The van der Waals surface area contributed by atoms with E-state index in [4.69, 9.17) is 5.73 Å². The van der Waals surface area contributed by atoms with Crippen molar-refractivity contribution >= 4 is 5.97 Å². The zero-order chi connectivity index (χ0) is 8.97. The van der Waals surface area contributed by atoms with Gasteiger partial charge >= 0.3 is 5.97 Å². The molecule has 0 aromatic carbocycles. The van der Waals surface area contributed by atoms with Crippen LogP contribution in [0.1, 0.15) is 0 Å². The van der Waals surface area contributed by atoms with Crippen LogP contribution in [0.4, 0.5) is 0 Å². The molecule has 0 unspecified atom stereocenters. The van der Waals surface area contributed by atoms with Crippen LogP contribution in [0.3, 0.4) is 0 Å². The Balaban J connectivity index is 2.60. The largest absolute Gasteiger partial charge is 0.466 e. The predicted octanol–water partition coefficient (Wildman–Crippen LogP) is -1.18. The van der Waals surface area contributed by atoms with E-state index in [9.17, 15) is 4.79 Å². The molecule has 68 valence electrons. The first-order valence-corrected chi connectivity index (χ1v) is 3.76. The molecule has 0 radical (unpaired) electrons. The van der Waals surface area contributed by atoms with E-state index in [1.165, 1.54) is 13.2 Å². The van der Waals surface area contributed by atoms with E-state index in [2.05, 4.69) is 10.1 Å². The van der Waals surface area contributed by atoms with Gasteiger partial charge in [-0.2, -0.15) is 0 Å². The third-order valence-corrected chi connectivity index (χ3v) is 1.70. The van der Waals surface area contributed by atoms with E-state index >= 15 is 0 Å². The molecular weight excluding hydrogens is 158 g/mol. The molecule has 1 aliphatic heterocycles. The molecule has 1 fully saturated rings. The van der Waals surface area contributed by atoms with Crippen molar-refractivity contribution in [2.45, 2.75) is 0 Å². The summed E-state index contributed by atoms with van der Waals surface area (Å²) < 4.78 is 4.48. The van der Waals surface area contributed by atoms with Gasteiger partial charge in [-0.1, -0.05) is 0 Å². The van der Waals surface area contributed by atoms with Crippen molar-refractivity contribution in [2.75, 3.05) is 26.9 Å². The molecule has 0 aromatic heterocycles. The van der Waals surface area contributed by atoms with Crippen LogP contribution in [0.15, 0.2) is 11.9 Å². The van der Waals surface area contributed by atoms with Crippen molar-refractivity contribution in [3.63, 3.8) is 0 Å². The molecule has 12 heavy (non-hydrogen) atoms. The lowest BCUT2D eigenvalue weighted by atomic mass is 10.5. The molecule has 1 rings (SSSR count). The summed E-state index contributed by atoms with van der Waals surface area (Å²) in [6, 6.07) is 0. The Kier molecular flexibility index (Phi) is 2.93. The Morgan fingerprint density at radius 3 is 3.25 bits per heavy atom. The maximum atomic E-state index is 10.8. The Labute approximate surface area is 71.2 Å². The van der Waals surface area contributed by atoms with Gasteiger partial charge in [0.25, 0.3) is 0 Å². The number of carbonyl (C=O) groups excluding carboxylic acids is 1. The van der Waals surface area contributed by atoms with Gasteiger partial charge in [0.15, 0.2) is 0 Å². The third kappa shape index (κ3) is 1.88. The lowest BCUT2D eigenvalue weighted by Gasteiger charge is -2.14. The normalized spacial score (nSPS) is 19.5. The third-order valence-electron chi connectivity index (χ3n) is 1.70. The Morgan fingerprint density at radius 2 is 2.67 bits per heavy atom. The number of methoxy groups -OCH3 is 1. The Bertz CT molecular complexity index is 203. The van der Waals surface area contributed by atoms with Crippen LogP contribution in [0.2, 0.25) is 0 Å². The first kappa shape index (κ1) is 8.86. The average molecular weight is 171 g/mol. The van der Waals surface area contributed by atoms with Gasteiger partial charge in [-0.25, -0.2) is 4.79 Å². The summed E-state index contributed by atoms with van der Waals surface area (Å²) in [5.41, 5.74) is 5.43. The maximum Gasteiger partial charge on any atom is 0.334 e. The van der Waals surface area contributed by atoms with Crippen molar-refractivity contribution in [2.24, 2.45) is 5.73 Å². The van der Waals surface area contributed by atoms with Crippen molar-refractivity contribution in [3.8, 4) is 0 Å². The highest BCUT2D eigenvalue weighted by Gasteiger charge is 2.15. The predicted molar refractivity (Wildman–Crippen MR) is 43.9 cm³/mol. The second-order valence-electron chi connectivity index (χ2n) is 2.43. The molecule has 5 nitrogen and oxygen atoms in total. The zero-order valence-corrected chi connectivity index (χ0v) is 7.04. The van der Waals surface area contributed by atoms with E-state index in [0.29, 0.717) is 6.67 Å². The van der Waals surface area contributed by atoms with Crippen LogP contribution in [0.25, 0.3) is 0 Å². The minimum atomic E-state index is -0.363. The molecule has 3 N–H and O–H groups in total. The number of esters is 1. The average Bonchev–Trinajstić information content (AvgIpc) is 2.51. The van der Waals surface area contributed by atoms with E-state index < -0.39 is 0 Å². The molecule has 0 spiro atoms. The van der Waals surface area contributed by atoms with E-state index in [1.54, 1.807) is 0 Å². The van der Waals surface area contributed by atoms with Gasteiger partial charge in [0, 0.05) is 13.1 Å². The van der Waals surface area contributed by atoms with Crippen molar-refractivity contribution in [1.29, 1.82) is 0 Å². The summed E-state index contributed by atoms with van der Waals surface area (Å²) in [5, 5.41) is 3.03. The number of hydrogen-bond donors (Lipinski definition) is 2. The highest BCUT2D eigenvalue weighted by molar-refractivity contribution is 5.82. The van der Waals surface area contributed by atoms with Crippen LogP contribution >= 0.6 is 0 Å². The van der Waals surface area contributed by atoms with Crippen LogP contribution in [0, 0.1) is 0 Å². The summed E-state index contributed by atoms with van der Waals surface area (Å²) in [6.07, 6.45) is 1.40. The molecule has 1 saturated heterocycles. The first-order chi connectivity index (χ1) is 5.77. The number of carbonyl (C=O) groups is 1. The smallest absolute Gasteiger partial charge is 0.334 e. The highest BCUT2D eigenvalue weighted by Crippen LogP contribution is 2.04. The molecule has 0 saturated carbocycles. The van der Waals surface area contributed by atoms with Crippen LogP contribution in [-0.2, 0) is 9.53 Å². The van der Waals surface area contributed by atoms with Crippen LogP contribution < -0.4 is 11.1 Å². The molecule has 0 amide bonds. The summed E-state index contributed by atoms with van der Waals surface area (Å²) in [6.45, 7) is 2.06. The number of nitrogens with zero attached hydrogens (tertiary/aromatic N) is 1. The lowest BCUT2D eigenvalue weighted by molar-refractivity contribution is -0.135. The van der Waals surface area contributed by atoms with Crippen LogP contribution in [0.5, 0.6) is 0 Å². The second kappa shape index (κ2) is 3.96. The topological polar surface area (TPSA) is 67.6 Å². The van der Waals surface area contributed by atoms with Gasteiger partial charge in [0.1, 0.15) is 5.82 Å². The fourth-order valence-corrected chi connectivity index (χ4v) is 1.05. The van der Waals surface area contributed by atoms with Gasteiger partial charge < -0.3 is 20.7 Å². The SMILES string of the molecule is COC(=O)/C=C1\NCCN1CN. The molecule has 1 aliphatic rings. The van der Waals surface area contributed by atoms with Crippen molar-refractivity contribution in [1.82, 2.24) is 10.2 Å². The van der Waals surface area contributed by atoms with Gasteiger partial charge in [0.05, 0.1) is 19.9 Å². The van der Waals surface area contributed by atoms with Gasteiger partial charge in [-0.3, -0.25) is 0 Å². The van der Waals surface area contributed by atoms with E-state index in [0.717, 1.165) is 18.9 Å². The number of hydrogen-bond acceptors (Lipinski definition) is 5. The number of nitrogens with one attached hydrogen (secondary N) is 1. The Hall–Kier alpha value is -1.23. The van der Waals surface area contributed by atoms with Crippen LogP contribution in [-0.4, -0.2) is 37.7 Å². The summed E-state index contributed by atoms with van der Waals surface area (Å²) >= 11 is 0. The van der Waals surface area contributed by atoms with Gasteiger partial charge in [0.2, 0.25) is 0 Å². The summed E-state index contributed by atoms with van der Waals surface area (Å²) in [4.78, 5) is 12.7. The Morgan fingerprint density at radius 1 is 1.92 bits per heavy atom. The second-order valence-corrected chi connectivity index (χ2v) is 2.43. The molecule has 5 heteroatoms. The number of nitrogens with two attached hydrogens (primary N) is 1. The monoisotopic (exact) mass is 171 g/mol. The molecule has 0 aliphatic carbocycles. The molecular formula is C7H13N3O2. The highest BCUT2D eigenvalue weighted by atomic mass is 16.5. The fraction of sp³-hybridized carbons (Fsp3) is 0.571. The van der Waals surface area contributed by atoms with Gasteiger partial charge in [-0.15, -0.1) is 0 Å². The van der Waals surface area contributed by atoms with Gasteiger partial charge in [-0.05, 0) is 0 Å². The maximum absolute atomic E-state index is 10.8. The zero-order valence-electron chi connectivity index (χ0n) is 7.04. The van der Waals surface area contributed by atoms with E-state index in [-0.39, 0.29) is 5.97 Å². The van der Waals surface area contributed by atoms with Crippen molar-refractivity contribution in [3.05, 3.63) is 11.9 Å². The number of rotatable bonds is 2. The molecule has 1 heterocycles. The molecule has 0 bridgehead atoms. The van der Waals surface area contributed by atoms with Crippen molar-refractivity contribution < 1.29 is 9.53 Å². The summed E-state index contributed by atoms with van der Waals surface area (Å²) in [7, 11) is 1.35. The fourth-order valence-electron chi connectivity index (χ4n) is 1.05. The summed E-state index contributed by atoms with van der Waals surface area (Å²) in [5.74, 6) is 0.377. The molecule has 0 aromatic rings. The minimum Gasteiger partial charge on any atom is -0.466 e. The molecule has 0 atom stereocenters. The lowest BCUT2D eigenvalue weighted by Crippen LogP contribution is -2.27. The first-order valence-electron chi connectivity index (χ1n) is 3.76. The quantitative estimate of drug-likeness (QED) is 0.404.